The van der Waals surface area contributed by atoms with Gasteiger partial charge in [0.15, 0.2) is 12.1 Å². The van der Waals surface area contributed by atoms with Crippen LogP contribution in [0.5, 0.6) is 0 Å². The fourth-order valence-electron chi connectivity index (χ4n) is 2.15. The average Bonchev–Trinajstić information content (AvgIpc) is 2.47. The van der Waals surface area contributed by atoms with Crippen LogP contribution in [0.25, 0.3) is 0 Å². The number of nitrogens with two attached hydrogens (primary N) is 1. The van der Waals surface area contributed by atoms with Gasteiger partial charge >= 0.3 is 6.09 Å². The first-order chi connectivity index (χ1) is 10.6. The van der Waals surface area contributed by atoms with Crippen LogP contribution in [0.1, 0.15) is 13.8 Å². The van der Waals surface area contributed by atoms with Gasteiger partial charge in [-0.25, -0.2) is 4.79 Å². The van der Waals surface area contributed by atoms with Crippen molar-refractivity contribution in [2.75, 3.05) is 13.2 Å². The smallest absolute Gasteiger partial charge is 0.404 e. The molecule has 5 N–H and O–H groups in total. The highest BCUT2D eigenvalue weighted by Gasteiger charge is 2.45. The normalized spacial score (nSPS) is 32.1. The van der Waals surface area contributed by atoms with Crippen molar-refractivity contribution in [3.8, 4) is 0 Å². The zero-order valence-electron chi connectivity index (χ0n) is 13.0. The summed E-state index contributed by atoms with van der Waals surface area (Å²) < 4.78 is 14.8. The lowest BCUT2D eigenvalue weighted by Gasteiger charge is -2.40. The van der Waals surface area contributed by atoms with Crippen molar-refractivity contribution >= 4 is 11.9 Å². The van der Waals surface area contributed by atoms with Gasteiger partial charge in [0.05, 0.1) is 6.61 Å². The van der Waals surface area contributed by atoms with Gasteiger partial charge in [0, 0.05) is 5.92 Å². The Bertz CT molecular complexity index is 454. The fraction of sp³-hybridized carbons (Fsp3) is 0.714. The molecular weight excluding hydrogens is 310 g/mol. The van der Waals surface area contributed by atoms with Gasteiger partial charge in [-0.3, -0.25) is 4.79 Å². The van der Waals surface area contributed by atoms with E-state index in [2.05, 4.69) is 11.3 Å². The van der Waals surface area contributed by atoms with Crippen LogP contribution in [0.4, 0.5) is 4.79 Å². The Morgan fingerprint density at radius 2 is 1.91 bits per heavy atom. The summed E-state index contributed by atoms with van der Waals surface area (Å²) in [6.07, 6.45) is -8.00. The third-order valence-corrected chi connectivity index (χ3v) is 3.46. The van der Waals surface area contributed by atoms with Crippen LogP contribution in [0.2, 0.25) is 0 Å². The Balaban J connectivity index is 2.60. The van der Waals surface area contributed by atoms with Gasteiger partial charge in [-0.2, -0.15) is 0 Å². The molecule has 6 atom stereocenters. The number of aliphatic hydroxyl groups is 3. The third kappa shape index (κ3) is 5.26. The van der Waals surface area contributed by atoms with Crippen LogP contribution >= 0.6 is 0 Å². The number of ketones is 1. The van der Waals surface area contributed by atoms with E-state index in [9.17, 15) is 24.9 Å². The van der Waals surface area contributed by atoms with Crippen LogP contribution < -0.4 is 5.73 Å². The summed E-state index contributed by atoms with van der Waals surface area (Å²) in [4.78, 5) is 22.2. The number of hydrogen-bond donors (Lipinski definition) is 4. The topological polar surface area (TPSA) is 149 Å². The lowest BCUT2D eigenvalue weighted by Crippen LogP contribution is -2.59. The molecule has 1 rings (SSSR count). The number of carbonyl (C=O) groups excluding carboxylic acids is 2. The number of hydrogen-bond acceptors (Lipinski definition) is 8. The van der Waals surface area contributed by atoms with E-state index in [0.29, 0.717) is 5.57 Å². The van der Waals surface area contributed by atoms with Crippen molar-refractivity contribution in [3.63, 3.8) is 0 Å². The SMILES string of the molecule is C=C(C)C(=O)C(C)CO[C@@H]1[C@@H](O)[C@H](O)[C@@H](COC(N)=O)O[C@H]1O. The molecule has 0 radical (unpaired) electrons. The zero-order chi connectivity index (χ0) is 17.7. The minimum atomic E-state index is -1.57. The molecule has 23 heavy (non-hydrogen) atoms. The number of ether oxygens (including phenoxy) is 3. The minimum absolute atomic E-state index is 0.0942. The maximum absolute atomic E-state index is 11.7. The van der Waals surface area contributed by atoms with Gasteiger partial charge in [0.1, 0.15) is 31.0 Å². The van der Waals surface area contributed by atoms with E-state index < -0.39 is 49.3 Å². The molecule has 1 aliphatic heterocycles. The van der Waals surface area contributed by atoms with Gasteiger partial charge in [0.25, 0.3) is 0 Å². The second-order valence-electron chi connectivity index (χ2n) is 5.52. The minimum Gasteiger partial charge on any atom is -0.447 e. The second-order valence-corrected chi connectivity index (χ2v) is 5.52. The molecule has 9 heteroatoms. The highest BCUT2D eigenvalue weighted by Crippen LogP contribution is 2.23. The Hall–Kier alpha value is -1.52. The lowest BCUT2D eigenvalue weighted by molar-refractivity contribution is -0.297. The quantitative estimate of drug-likeness (QED) is 0.420. The number of rotatable bonds is 7. The Kier molecular flexibility index (Phi) is 7.10. The largest absolute Gasteiger partial charge is 0.447 e. The Morgan fingerprint density at radius 3 is 2.43 bits per heavy atom. The highest BCUT2D eigenvalue weighted by molar-refractivity contribution is 5.95. The molecule has 1 amide bonds. The van der Waals surface area contributed by atoms with E-state index in [-0.39, 0.29) is 12.4 Å². The molecule has 1 heterocycles. The summed E-state index contributed by atoms with van der Waals surface area (Å²) in [5.74, 6) is -0.737. The molecular formula is C14H23NO8. The Labute approximate surface area is 133 Å². The Morgan fingerprint density at radius 1 is 1.30 bits per heavy atom. The second kappa shape index (κ2) is 8.37. The summed E-state index contributed by atoms with van der Waals surface area (Å²) in [5.41, 5.74) is 5.16. The van der Waals surface area contributed by atoms with E-state index in [1.165, 1.54) is 0 Å². The molecule has 0 spiro atoms. The number of allylic oxidation sites excluding steroid dienone is 1. The van der Waals surface area contributed by atoms with E-state index in [4.69, 9.17) is 15.2 Å². The molecule has 1 saturated heterocycles. The van der Waals surface area contributed by atoms with Crippen molar-refractivity contribution in [2.24, 2.45) is 11.7 Å². The van der Waals surface area contributed by atoms with Gasteiger partial charge in [0.2, 0.25) is 0 Å². The predicted octanol–water partition coefficient (Wildman–Crippen LogP) is -1.31. The maximum atomic E-state index is 11.7. The van der Waals surface area contributed by atoms with Crippen LogP contribution in [0, 0.1) is 5.92 Å². The molecule has 0 aromatic carbocycles. The molecule has 0 aromatic heterocycles. The van der Waals surface area contributed by atoms with Crippen LogP contribution in [-0.4, -0.2) is 71.1 Å². The first-order valence-electron chi connectivity index (χ1n) is 7.08. The first-order valence-corrected chi connectivity index (χ1v) is 7.08. The summed E-state index contributed by atoms with van der Waals surface area (Å²) >= 11 is 0. The fourth-order valence-corrected chi connectivity index (χ4v) is 2.15. The lowest BCUT2D eigenvalue weighted by atomic mass is 9.98. The van der Waals surface area contributed by atoms with Crippen LogP contribution in [0.15, 0.2) is 12.2 Å². The zero-order valence-corrected chi connectivity index (χ0v) is 13.0. The standard InChI is InChI=1S/C14H23NO8/c1-6(2)9(16)7(3)4-21-12-11(18)10(17)8(23-13(12)19)5-22-14(15)20/h7-8,10-13,17-19H,1,4-5H2,2-3H3,(H2,15,20)/t7?,8-,10-,11+,12-,13-/m1/s1. The number of primary amides is 1. The van der Waals surface area contributed by atoms with Crippen molar-refractivity contribution in [1.29, 1.82) is 0 Å². The van der Waals surface area contributed by atoms with E-state index in [1.54, 1.807) is 13.8 Å². The molecule has 0 aromatic rings. The predicted molar refractivity (Wildman–Crippen MR) is 77.2 cm³/mol. The number of aliphatic hydroxyl groups excluding tert-OH is 3. The van der Waals surface area contributed by atoms with E-state index >= 15 is 0 Å². The summed E-state index contributed by atoms with van der Waals surface area (Å²) in [5, 5.41) is 29.8. The van der Waals surface area contributed by atoms with Crippen LogP contribution in [0.3, 0.4) is 0 Å². The van der Waals surface area contributed by atoms with Gasteiger partial charge in [-0.1, -0.05) is 13.5 Å². The van der Waals surface area contributed by atoms with E-state index in [0.717, 1.165) is 0 Å². The molecule has 132 valence electrons. The summed E-state index contributed by atoms with van der Waals surface area (Å²) in [6, 6.07) is 0. The summed E-state index contributed by atoms with van der Waals surface area (Å²) in [7, 11) is 0. The van der Waals surface area contributed by atoms with Crippen LogP contribution in [-0.2, 0) is 19.0 Å². The number of carbonyl (C=O) groups is 2. The van der Waals surface area contributed by atoms with Gasteiger partial charge in [-0.05, 0) is 12.5 Å². The van der Waals surface area contributed by atoms with Crippen molar-refractivity contribution < 1.29 is 39.1 Å². The number of Topliss-reactive ketones (excluding diaryl/α,β-unsaturated/α-hetero) is 1. The number of amides is 1. The molecule has 1 unspecified atom stereocenters. The highest BCUT2D eigenvalue weighted by atomic mass is 16.7. The maximum Gasteiger partial charge on any atom is 0.404 e. The molecule has 1 fully saturated rings. The molecule has 0 aliphatic carbocycles. The molecule has 0 saturated carbocycles. The first kappa shape index (κ1) is 19.5. The molecule has 0 bridgehead atoms. The average molecular weight is 333 g/mol. The third-order valence-electron chi connectivity index (χ3n) is 3.46. The van der Waals surface area contributed by atoms with Gasteiger partial charge < -0.3 is 35.3 Å². The van der Waals surface area contributed by atoms with Crippen molar-refractivity contribution in [3.05, 3.63) is 12.2 Å². The molecule has 1 aliphatic rings. The van der Waals surface area contributed by atoms with Crippen molar-refractivity contribution in [1.82, 2.24) is 0 Å². The monoisotopic (exact) mass is 333 g/mol. The van der Waals surface area contributed by atoms with Crippen molar-refractivity contribution in [2.45, 2.75) is 44.6 Å². The van der Waals surface area contributed by atoms with Gasteiger partial charge in [-0.15, -0.1) is 0 Å². The van der Waals surface area contributed by atoms with E-state index in [1.807, 2.05) is 0 Å². The summed E-state index contributed by atoms with van der Waals surface area (Å²) in [6.45, 7) is 6.19. The molecule has 9 nitrogen and oxygen atoms in total.